The quantitative estimate of drug-likeness (QED) is 0.241. The van der Waals surface area contributed by atoms with Crippen LogP contribution in [0.5, 0.6) is 0 Å². The minimum atomic E-state index is -1.46. The smallest absolute Gasteiger partial charge is 0.267 e. The number of nitrogens with zero attached hydrogens (tertiary/aromatic N) is 1. The molecule has 0 aromatic carbocycles. The highest BCUT2D eigenvalue weighted by atomic mass is 32.2. The maximum absolute atomic E-state index is 11.6. The van der Waals surface area contributed by atoms with Gasteiger partial charge in [-0.25, -0.2) is 0 Å². The average Bonchev–Trinajstić information content (AvgIpc) is 2.10. The van der Waals surface area contributed by atoms with E-state index in [1.807, 2.05) is 20.8 Å². The molecule has 0 radical (unpaired) electrons. The predicted octanol–water partition coefficient (Wildman–Crippen LogP) is 0.561. The fraction of sp³-hybridized carbons (Fsp3) is 0.778. The lowest BCUT2D eigenvalue weighted by molar-refractivity contribution is -0.124. The van der Waals surface area contributed by atoms with E-state index in [-0.39, 0.29) is 11.0 Å². The van der Waals surface area contributed by atoms with Gasteiger partial charge in [-0.1, -0.05) is 20.8 Å². The Morgan fingerprint density at radius 2 is 2.00 bits per heavy atom. The van der Waals surface area contributed by atoms with Crippen molar-refractivity contribution < 1.29 is 14.6 Å². The monoisotopic (exact) mass is 234 g/mol. The molecule has 88 valence electrons. The first-order valence-electron chi connectivity index (χ1n) is 4.52. The molecule has 1 amide bonds. The molecule has 15 heavy (non-hydrogen) atoms. The van der Waals surface area contributed by atoms with Gasteiger partial charge in [-0.15, -0.1) is 0 Å². The second kappa shape index (κ2) is 5.37. The summed E-state index contributed by atoms with van der Waals surface area (Å²) in [5.74, 6) is -0.996. The first kappa shape index (κ1) is 14.2. The van der Waals surface area contributed by atoms with Crippen LogP contribution in [0, 0.1) is 11.3 Å². The number of hydrogen-bond acceptors (Lipinski definition) is 4. The summed E-state index contributed by atoms with van der Waals surface area (Å²) in [7, 11) is 1.49. The van der Waals surface area contributed by atoms with E-state index >= 15 is 0 Å². The van der Waals surface area contributed by atoms with Gasteiger partial charge in [0.2, 0.25) is 5.91 Å². The zero-order valence-electron chi connectivity index (χ0n) is 9.70. The number of hydrogen-bond donors (Lipinski definition) is 2. The molecule has 0 saturated carbocycles. The second-order valence-electron chi connectivity index (χ2n) is 4.31. The first-order chi connectivity index (χ1) is 6.75. The van der Waals surface area contributed by atoms with Crippen molar-refractivity contribution in [2.24, 2.45) is 16.5 Å². The van der Waals surface area contributed by atoms with Crippen LogP contribution in [-0.4, -0.2) is 34.0 Å². The molecule has 2 N–H and O–H groups in total. The summed E-state index contributed by atoms with van der Waals surface area (Å²) in [6.07, 6.45) is 1.39. The Hall–Kier alpha value is -0.750. The van der Waals surface area contributed by atoms with E-state index in [0.717, 1.165) is 0 Å². The Morgan fingerprint density at radius 3 is 2.20 bits per heavy atom. The Balaban J connectivity index is 5.20. The van der Waals surface area contributed by atoms with Crippen molar-refractivity contribution in [2.75, 3.05) is 13.3 Å². The summed E-state index contributed by atoms with van der Waals surface area (Å²) in [5, 5.41) is 14.2. The summed E-state index contributed by atoms with van der Waals surface area (Å²) in [6, 6.07) is 0. The van der Waals surface area contributed by atoms with E-state index in [4.69, 9.17) is 5.21 Å². The van der Waals surface area contributed by atoms with Crippen LogP contribution < -0.4 is 5.32 Å². The molecule has 0 aliphatic carbocycles. The Morgan fingerprint density at radius 1 is 1.53 bits per heavy atom. The Kier molecular flexibility index (Phi) is 5.10. The normalized spacial score (nSPS) is 17.1. The molecule has 2 unspecified atom stereocenters. The third kappa shape index (κ3) is 3.71. The largest absolute Gasteiger partial charge is 0.611 e. The van der Waals surface area contributed by atoms with Crippen molar-refractivity contribution in [2.45, 2.75) is 20.8 Å². The lowest BCUT2D eigenvalue weighted by Gasteiger charge is -2.28. The second-order valence-corrected chi connectivity index (χ2v) is 5.63. The first-order valence-corrected chi connectivity index (χ1v) is 6.08. The van der Waals surface area contributed by atoms with Crippen LogP contribution in [0.25, 0.3) is 0 Å². The fourth-order valence-corrected chi connectivity index (χ4v) is 2.21. The van der Waals surface area contributed by atoms with E-state index < -0.39 is 22.5 Å². The average molecular weight is 234 g/mol. The van der Waals surface area contributed by atoms with Crippen LogP contribution in [0.15, 0.2) is 5.16 Å². The molecular formula is C9H18N2O3S. The van der Waals surface area contributed by atoms with Crippen LogP contribution in [0.4, 0.5) is 0 Å². The zero-order chi connectivity index (χ0) is 12.2. The van der Waals surface area contributed by atoms with Gasteiger partial charge in [0.05, 0.1) is 0 Å². The van der Waals surface area contributed by atoms with E-state index in [2.05, 4.69) is 10.5 Å². The molecule has 0 fully saturated rings. The van der Waals surface area contributed by atoms with E-state index in [1.165, 1.54) is 13.3 Å². The summed E-state index contributed by atoms with van der Waals surface area (Å²) in [4.78, 5) is 11.6. The van der Waals surface area contributed by atoms with Crippen molar-refractivity contribution in [3.8, 4) is 0 Å². The molecule has 0 aromatic rings. The van der Waals surface area contributed by atoms with Gasteiger partial charge in [-0.3, -0.25) is 4.79 Å². The summed E-state index contributed by atoms with van der Waals surface area (Å²) >= 11 is -1.46. The van der Waals surface area contributed by atoms with E-state index in [0.29, 0.717) is 0 Å². The zero-order valence-corrected chi connectivity index (χ0v) is 10.5. The molecule has 0 bridgehead atoms. The van der Waals surface area contributed by atoms with Gasteiger partial charge in [0.15, 0.2) is 0 Å². The maximum Gasteiger partial charge on any atom is 0.267 e. The molecule has 0 saturated heterocycles. The highest BCUT2D eigenvalue weighted by Crippen LogP contribution is 2.29. The number of carbonyl (C=O) groups is 1. The standard InChI is InChI=1S/C9H18N2O3S/c1-9(2,3)6(7(12)10-4)8(11-13)15(5)14/h6,13H,1-5H3,(H,10,12). The molecule has 2 atom stereocenters. The number of nitrogens with one attached hydrogen (secondary N) is 1. The molecule has 0 spiro atoms. The molecule has 0 aromatic heterocycles. The van der Waals surface area contributed by atoms with Crippen LogP contribution in [-0.2, 0) is 16.0 Å². The minimum absolute atomic E-state index is 0.00171. The topological polar surface area (TPSA) is 84.8 Å². The molecule has 0 rings (SSSR count). The Bertz CT molecular complexity index is 259. The Labute approximate surface area is 93.1 Å². The van der Waals surface area contributed by atoms with Gasteiger partial charge >= 0.3 is 0 Å². The number of amides is 1. The van der Waals surface area contributed by atoms with Gasteiger partial charge in [-0.05, 0) is 10.6 Å². The van der Waals surface area contributed by atoms with Gasteiger partial charge in [0.1, 0.15) is 12.2 Å². The third-order valence-corrected chi connectivity index (χ3v) is 2.92. The van der Waals surface area contributed by atoms with E-state index in [1.54, 1.807) is 0 Å². The molecule has 5 nitrogen and oxygen atoms in total. The van der Waals surface area contributed by atoms with Crippen molar-refractivity contribution in [3.05, 3.63) is 0 Å². The van der Waals surface area contributed by atoms with Crippen LogP contribution in [0.1, 0.15) is 20.8 Å². The van der Waals surface area contributed by atoms with Crippen molar-refractivity contribution in [3.63, 3.8) is 0 Å². The lowest BCUT2D eigenvalue weighted by Crippen LogP contribution is -2.44. The van der Waals surface area contributed by atoms with Gasteiger partial charge in [-0.2, -0.15) is 0 Å². The molecule has 0 heterocycles. The molecular weight excluding hydrogens is 216 g/mol. The highest BCUT2D eigenvalue weighted by Gasteiger charge is 2.41. The van der Waals surface area contributed by atoms with Crippen molar-refractivity contribution in [1.29, 1.82) is 0 Å². The summed E-state index contributed by atoms with van der Waals surface area (Å²) < 4.78 is 11.3. The van der Waals surface area contributed by atoms with Gasteiger partial charge in [0, 0.05) is 18.2 Å². The number of rotatable bonds is 2. The van der Waals surface area contributed by atoms with Gasteiger partial charge in [0.25, 0.3) is 5.04 Å². The van der Waals surface area contributed by atoms with Gasteiger partial charge < -0.3 is 15.1 Å². The number of oxime groups is 1. The van der Waals surface area contributed by atoms with Crippen LogP contribution >= 0.6 is 0 Å². The summed E-state index contributed by atoms with van der Waals surface area (Å²) in [6.45, 7) is 5.47. The van der Waals surface area contributed by atoms with Crippen LogP contribution in [0.3, 0.4) is 0 Å². The molecule has 6 heteroatoms. The van der Waals surface area contributed by atoms with Crippen molar-refractivity contribution >= 4 is 22.1 Å². The van der Waals surface area contributed by atoms with Crippen LogP contribution in [0.2, 0.25) is 0 Å². The maximum atomic E-state index is 11.6. The number of carbonyl (C=O) groups excluding carboxylic acids is 1. The van der Waals surface area contributed by atoms with E-state index in [9.17, 15) is 9.35 Å². The molecule has 0 aliphatic rings. The SMILES string of the molecule is CNC(=O)C(C(=NO)[S+](C)[O-])C(C)(C)C. The minimum Gasteiger partial charge on any atom is -0.611 e. The summed E-state index contributed by atoms with van der Waals surface area (Å²) in [5.41, 5.74) is -0.451. The highest BCUT2D eigenvalue weighted by molar-refractivity contribution is 8.05. The fourth-order valence-electron chi connectivity index (χ4n) is 1.30. The van der Waals surface area contributed by atoms with Crippen molar-refractivity contribution in [1.82, 2.24) is 5.32 Å². The molecule has 0 aliphatic heterocycles. The lowest BCUT2D eigenvalue weighted by atomic mass is 9.80. The predicted molar refractivity (Wildman–Crippen MR) is 60.3 cm³/mol. The third-order valence-electron chi connectivity index (χ3n) is 2.01.